The Balaban J connectivity index is 3.02. The number of carbonyl (C=O) groups excluding carboxylic acids is 1. The van der Waals surface area contributed by atoms with Crippen molar-refractivity contribution in [2.24, 2.45) is 4.99 Å². The predicted octanol–water partition coefficient (Wildman–Crippen LogP) is 1.30. The molecule has 0 aliphatic carbocycles. The zero-order valence-corrected chi connectivity index (χ0v) is 6.58. The Hall–Kier alpha value is -2.00. The zero-order valence-electron chi connectivity index (χ0n) is 6.58. The van der Waals surface area contributed by atoms with Gasteiger partial charge >= 0.3 is 6.17 Å². The Kier molecular flexibility index (Phi) is 2.89. The quantitative estimate of drug-likeness (QED) is 0.303. The van der Waals surface area contributed by atoms with Crippen LogP contribution in [0.15, 0.2) is 35.3 Å². The van der Waals surface area contributed by atoms with Gasteiger partial charge in [-0.05, 0) is 12.1 Å². The first kappa shape index (κ1) is 9.09. The molecular formula is C8H6N2O3. The number of nitro groups is 1. The number of hydrogen-bond acceptors (Lipinski definition) is 4. The normalized spacial score (nSPS) is 11.4. The van der Waals surface area contributed by atoms with Crippen LogP contribution in [-0.2, 0) is 4.79 Å². The first-order valence-corrected chi connectivity index (χ1v) is 3.51. The average molecular weight is 178 g/mol. The highest BCUT2D eigenvalue weighted by atomic mass is 16.6. The van der Waals surface area contributed by atoms with E-state index in [1.54, 1.807) is 18.2 Å². The SMILES string of the molecule is O=C=NC(c1ccccc1)[N+](=O)[O-]. The number of hydrogen-bond donors (Lipinski definition) is 0. The Morgan fingerprint density at radius 1 is 1.38 bits per heavy atom. The molecule has 0 amide bonds. The summed E-state index contributed by atoms with van der Waals surface area (Å²) in [7, 11) is 0. The first-order valence-electron chi connectivity index (χ1n) is 3.51. The van der Waals surface area contributed by atoms with Gasteiger partial charge in [0.2, 0.25) is 6.08 Å². The van der Waals surface area contributed by atoms with Crippen LogP contribution >= 0.6 is 0 Å². The lowest BCUT2D eigenvalue weighted by Crippen LogP contribution is -2.07. The predicted molar refractivity (Wildman–Crippen MR) is 44.3 cm³/mol. The highest BCUT2D eigenvalue weighted by molar-refractivity contribution is 5.34. The molecule has 0 spiro atoms. The summed E-state index contributed by atoms with van der Waals surface area (Å²) in [4.78, 5) is 22.8. The van der Waals surface area contributed by atoms with E-state index in [9.17, 15) is 14.9 Å². The molecule has 0 aliphatic heterocycles. The lowest BCUT2D eigenvalue weighted by atomic mass is 10.2. The highest BCUT2D eigenvalue weighted by Crippen LogP contribution is 2.16. The van der Waals surface area contributed by atoms with Crippen LogP contribution < -0.4 is 0 Å². The highest BCUT2D eigenvalue weighted by Gasteiger charge is 2.20. The molecule has 0 saturated heterocycles. The maximum absolute atomic E-state index is 10.4. The smallest absolute Gasteiger partial charge is 0.262 e. The second kappa shape index (κ2) is 4.13. The second-order valence-corrected chi connectivity index (χ2v) is 2.29. The van der Waals surface area contributed by atoms with E-state index in [1.807, 2.05) is 0 Å². The fourth-order valence-electron chi connectivity index (χ4n) is 0.918. The molecule has 1 rings (SSSR count). The van der Waals surface area contributed by atoms with Gasteiger partial charge in [-0.3, -0.25) is 10.1 Å². The number of rotatable bonds is 3. The third-order valence-corrected chi connectivity index (χ3v) is 1.47. The molecule has 0 aromatic heterocycles. The lowest BCUT2D eigenvalue weighted by molar-refractivity contribution is -0.526. The summed E-state index contributed by atoms with van der Waals surface area (Å²) in [5.74, 6) is 0. The molecular weight excluding hydrogens is 172 g/mol. The lowest BCUT2D eigenvalue weighted by Gasteiger charge is -2.00. The molecule has 0 radical (unpaired) electrons. The number of isocyanates is 1. The number of nitrogens with zero attached hydrogens (tertiary/aromatic N) is 2. The molecule has 0 bridgehead atoms. The zero-order chi connectivity index (χ0) is 9.68. The summed E-state index contributed by atoms with van der Waals surface area (Å²) in [6, 6.07) is 8.09. The molecule has 1 aromatic carbocycles. The molecule has 1 atom stereocenters. The van der Waals surface area contributed by atoms with Crippen molar-refractivity contribution in [3.63, 3.8) is 0 Å². The van der Waals surface area contributed by atoms with Crippen LogP contribution in [0.4, 0.5) is 0 Å². The van der Waals surface area contributed by atoms with E-state index < -0.39 is 11.1 Å². The second-order valence-electron chi connectivity index (χ2n) is 2.29. The third-order valence-electron chi connectivity index (χ3n) is 1.47. The molecule has 0 saturated carbocycles. The Labute approximate surface area is 73.9 Å². The average Bonchev–Trinajstić information content (AvgIpc) is 2.15. The molecule has 0 fully saturated rings. The van der Waals surface area contributed by atoms with E-state index in [4.69, 9.17) is 0 Å². The fourth-order valence-corrected chi connectivity index (χ4v) is 0.918. The van der Waals surface area contributed by atoms with Gasteiger partial charge in [-0.2, -0.15) is 0 Å². The van der Waals surface area contributed by atoms with Crippen LogP contribution in [0.3, 0.4) is 0 Å². The monoisotopic (exact) mass is 178 g/mol. The van der Waals surface area contributed by atoms with Crippen molar-refractivity contribution in [1.82, 2.24) is 0 Å². The summed E-state index contributed by atoms with van der Waals surface area (Å²) >= 11 is 0. The fraction of sp³-hybridized carbons (Fsp3) is 0.125. The van der Waals surface area contributed by atoms with E-state index >= 15 is 0 Å². The van der Waals surface area contributed by atoms with Gasteiger partial charge in [0, 0.05) is 5.56 Å². The van der Waals surface area contributed by atoms with Gasteiger partial charge in [-0.1, -0.05) is 18.2 Å². The molecule has 0 N–H and O–H groups in total. The summed E-state index contributed by atoms with van der Waals surface area (Å²) in [6.45, 7) is 0. The Morgan fingerprint density at radius 3 is 2.46 bits per heavy atom. The topological polar surface area (TPSA) is 72.6 Å². The molecule has 13 heavy (non-hydrogen) atoms. The van der Waals surface area contributed by atoms with Crippen LogP contribution in [0, 0.1) is 10.1 Å². The number of benzene rings is 1. The van der Waals surface area contributed by atoms with Crippen LogP contribution in [0.25, 0.3) is 0 Å². The summed E-state index contributed by atoms with van der Waals surface area (Å²) in [5.41, 5.74) is 0.371. The minimum atomic E-state index is -1.33. The Bertz CT molecular complexity index is 342. The number of aliphatic imine (C=N–C) groups is 1. The molecule has 0 aliphatic rings. The van der Waals surface area contributed by atoms with E-state index in [-0.39, 0.29) is 0 Å². The maximum atomic E-state index is 10.4. The Morgan fingerprint density at radius 2 is 2.00 bits per heavy atom. The third kappa shape index (κ3) is 2.21. The van der Waals surface area contributed by atoms with Crippen molar-refractivity contribution in [3.8, 4) is 0 Å². The van der Waals surface area contributed by atoms with Crippen molar-refractivity contribution in [2.75, 3.05) is 0 Å². The molecule has 1 aromatic rings. The van der Waals surface area contributed by atoms with Gasteiger partial charge in [0.25, 0.3) is 0 Å². The minimum absolute atomic E-state index is 0.371. The maximum Gasteiger partial charge on any atom is 0.339 e. The summed E-state index contributed by atoms with van der Waals surface area (Å²) in [5, 5.41) is 10.4. The van der Waals surface area contributed by atoms with Crippen molar-refractivity contribution in [1.29, 1.82) is 0 Å². The molecule has 5 heteroatoms. The van der Waals surface area contributed by atoms with E-state index in [1.165, 1.54) is 18.2 Å². The van der Waals surface area contributed by atoms with Gasteiger partial charge in [0.1, 0.15) is 0 Å². The van der Waals surface area contributed by atoms with Gasteiger partial charge in [0.15, 0.2) is 0 Å². The first-order chi connectivity index (χ1) is 6.25. The van der Waals surface area contributed by atoms with Crippen molar-refractivity contribution >= 4 is 6.08 Å². The molecule has 1 unspecified atom stereocenters. The largest absolute Gasteiger partial charge is 0.339 e. The van der Waals surface area contributed by atoms with E-state index in [0.29, 0.717) is 5.56 Å². The van der Waals surface area contributed by atoms with Crippen LogP contribution in [0.5, 0.6) is 0 Å². The van der Waals surface area contributed by atoms with E-state index in [0.717, 1.165) is 0 Å². The summed E-state index contributed by atoms with van der Waals surface area (Å²) < 4.78 is 0. The standard InChI is InChI=1S/C8H6N2O3/c11-6-9-8(10(12)13)7-4-2-1-3-5-7/h1-5,8H. The molecule has 5 nitrogen and oxygen atoms in total. The van der Waals surface area contributed by atoms with Gasteiger partial charge in [0.05, 0.1) is 4.92 Å². The van der Waals surface area contributed by atoms with E-state index in [2.05, 4.69) is 4.99 Å². The molecule has 0 heterocycles. The van der Waals surface area contributed by atoms with Crippen molar-refractivity contribution in [3.05, 3.63) is 46.0 Å². The van der Waals surface area contributed by atoms with Crippen LogP contribution in [0.2, 0.25) is 0 Å². The minimum Gasteiger partial charge on any atom is -0.262 e. The molecule has 66 valence electrons. The van der Waals surface area contributed by atoms with Gasteiger partial charge in [-0.25, -0.2) is 4.79 Å². The van der Waals surface area contributed by atoms with Crippen molar-refractivity contribution in [2.45, 2.75) is 6.17 Å². The van der Waals surface area contributed by atoms with Crippen LogP contribution in [-0.4, -0.2) is 11.0 Å². The van der Waals surface area contributed by atoms with Gasteiger partial charge in [-0.15, -0.1) is 4.99 Å². The van der Waals surface area contributed by atoms with Crippen molar-refractivity contribution < 1.29 is 9.72 Å². The summed E-state index contributed by atoms with van der Waals surface area (Å²) in [6.07, 6.45) is -0.154. The van der Waals surface area contributed by atoms with Crippen LogP contribution in [0.1, 0.15) is 11.7 Å². The van der Waals surface area contributed by atoms with Gasteiger partial charge < -0.3 is 0 Å².